The van der Waals surface area contributed by atoms with Gasteiger partial charge in [0.2, 0.25) is 0 Å². The largest absolute Gasteiger partial charge is 0.356 e. The summed E-state index contributed by atoms with van der Waals surface area (Å²) in [4.78, 5) is 10.6. The lowest BCUT2D eigenvalue weighted by Gasteiger charge is -1.94. The third kappa shape index (κ3) is 1.27. The highest BCUT2D eigenvalue weighted by molar-refractivity contribution is 9.10. The van der Waals surface area contributed by atoms with E-state index in [1.54, 1.807) is 12.1 Å². The maximum absolute atomic E-state index is 10.6. The predicted molar refractivity (Wildman–Crippen MR) is 51.8 cm³/mol. The fourth-order valence-corrected chi connectivity index (χ4v) is 1.60. The summed E-state index contributed by atoms with van der Waals surface area (Å²) in [6.45, 7) is 1.84. The fourth-order valence-electron chi connectivity index (χ4n) is 1.19. The number of hydrogen-bond donors (Lipinski definition) is 0. The molecule has 0 spiro atoms. The van der Waals surface area contributed by atoms with Crippen molar-refractivity contribution in [3.8, 4) is 0 Å². The number of halogens is 1. The highest BCUT2D eigenvalue weighted by atomic mass is 79.9. The number of aryl methyl sites for hydroxylation is 1. The van der Waals surface area contributed by atoms with Gasteiger partial charge in [-0.05, 0) is 35.0 Å². The van der Waals surface area contributed by atoms with E-state index in [4.69, 9.17) is 4.52 Å². The summed E-state index contributed by atoms with van der Waals surface area (Å²) in [5.41, 5.74) is 2.10. The third-order valence-corrected chi connectivity index (χ3v) is 2.58. The molecule has 1 aromatic carbocycles. The number of benzene rings is 1. The molecule has 0 amide bonds. The number of carbonyl (C=O) groups is 1. The molecule has 0 radical (unpaired) electrons. The van der Waals surface area contributed by atoms with Gasteiger partial charge in [-0.2, -0.15) is 0 Å². The number of fused-ring (bicyclic) bond motifs is 1. The first-order valence-electron chi connectivity index (χ1n) is 3.73. The summed E-state index contributed by atoms with van der Waals surface area (Å²) in [7, 11) is 0. The Balaban J connectivity index is 2.84. The van der Waals surface area contributed by atoms with Crippen LogP contribution in [-0.2, 0) is 0 Å². The van der Waals surface area contributed by atoms with Gasteiger partial charge in [-0.3, -0.25) is 4.79 Å². The lowest BCUT2D eigenvalue weighted by molar-refractivity contribution is 0.112. The van der Waals surface area contributed by atoms with Gasteiger partial charge in [-0.15, -0.1) is 0 Å². The Hall–Kier alpha value is -1.16. The van der Waals surface area contributed by atoms with Gasteiger partial charge >= 0.3 is 0 Å². The van der Waals surface area contributed by atoms with Crippen LogP contribution >= 0.6 is 15.9 Å². The monoisotopic (exact) mass is 239 g/mol. The van der Waals surface area contributed by atoms with Crippen LogP contribution in [0, 0.1) is 6.92 Å². The predicted octanol–water partition coefficient (Wildman–Crippen LogP) is 2.71. The first-order valence-corrected chi connectivity index (χ1v) is 4.52. The van der Waals surface area contributed by atoms with Gasteiger partial charge in [0.15, 0.2) is 11.9 Å². The number of hydrogen-bond acceptors (Lipinski definition) is 3. The van der Waals surface area contributed by atoms with Crippen molar-refractivity contribution in [2.24, 2.45) is 0 Å². The topological polar surface area (TPSA) is 43.1 Å². The van der Waals surface area contributed by atoms with Crippen LogP contribution in [0.3, 0.4) is 0 Å². The van der Waals surface area contributed by atoms with Crippen molar-refractivity contribution >= 4 is 33.2 Å². The maximum atomic E-state index is 10.6. The minimum Gasteiger partial charge on any atom is -0.356 e. The minimum absolute atomic E-state index is 0.610. The molecule has 3 nitrogen and oxygen atoms in total. The highest BCUT2D eigenvalue weighted by Gasteiger charge is 2.07. The van der Waals surface area contributed by atoms with E-state index < -0.39 is 0 Å². The van der Waals surface area contributed by atoms with E-state index in [2.05, 4.69) is 21.1 Å². The van der Waals surface area contributed by atoms with Crippen LogP contribution in [0.5, 0.6) is 0 Å². The molecule has 0 aliphatic heterocycles. The van der Waals surface area contributed by atoms with Gasteiger partial charge in [-0.25, -0.2) is 0 Å². The quantitative estimate of drug-likeness (QED) is 0.719. The van der Waals surface area contributed by atoms with Crippen LogP contribution in [0.15, 0.2) is 21.1 Å². The molecule has 0 saturated heterocycles. The smallest absolute Gasteiger partial charge is 0.168 e. The summed E-state index contributed by atoms with van der Waals surface area (Å²) in [6.07, 6.45) is 0.802. The number of nitrogens with zero attached hydrogens (tertiary/aromatic N) is 1. The molecule has 1 aromatic heterocycles. The molecule has 0 bridgehead atoms. The Bertz CT molecular complexity index is 476. The standard InChI is InChI=1S/C9H6BrNO2/c1-5-7-2-6(4-12)8(10)3-9(7)13-11-5/h2-4H,1H3. The van der Waals surface area contributed by atoms with Crippen molar-refractivity contribution in [3.63, 3.8) is 0 Å². The Morgan fingerprint density at radius 2 is 2.31 bits per heavy atom. The Morgan fingerprint density at radius 1 is 1.54 bits per heavy atom. The average molecular weight is 240 g/mol. The molecule has 13 heavy (non-hydrogen) atoms. The fraction of sp³-hybridized carbons (Fsp3) is 0.111. The van der Waals surface area contributed by atoms with E-state index in [1.807, 2.05) is 6.92 Å². The number of carbonyl (C=O) groups excluding carboxylic acids is 1. The van der Waals surface area contributed by atoms with Gasteiger partial charge in [0.05, 0.1) is 5.69 Å². The van der Waals surface area contributed by atoms with Crippen LogP contribution in [0.2, 0.25) is 0 Å². The van der Waals surface area contributed by atoms with Crippen molar-refractivity contribution < 1.29 is 9.32 Å². The van der Waals surface area contributed by atoms with Crippen LogP contribution in [0.25, 0.3) is 11.0 Å². The van der Waals surface area contributed by atoms with Crippen LogP contribution in [0.4, 0.5) is 0 Å². The maximum Gasteiger partial charge on any atom is 0.168 e. The first kappa shape index (κ1) is 8.44. The molecule has 4 heteroatoms. The second kappa shape index (κ2) is 2.96. The molecule has 0 aliphatic carbocycles. The molecular weight excluding hydrogens is 234 g/mol. The summed E-state index contributed by atoms with van der Waals surface area (Å²) in [5, 5.41) is 4.68. The zero-order valence-corrected chi connectivity index (χ0v) is 8.46. The molecule has 66 valence electrons. The second-order valence-electron chi connectivity index (χ2n) is 2.76. The molecule has 1 heterocycles. The molecule has 0 fully saturated rings. The normalized spacial score (nSPS) is 10.6. The Morgan fingerprint density at radius 3 is 3.00 bits per heavy atom. The lowest BCUT2D eigenvalue weighted by Crippen LogP contribution is -1.81. The number of rotatable bonds is 1. The van der Waals surface area contributed by atoms with Gasteiger partial charge < -0.3 is 4.52 Å². The van der Waals surface area contributed by atoms with E-state index >= 15 is 0 Å². The second-order valence-corrected chi connectivity index (χ2v) is 3.61. The summed E-state index contributed by atoms with van der Waals surface area (Å²) < 4.78 is 5.76. The molecule has 0 unspecified atom stereocenters. The van der Waals surface area contributed by atoms with E-state index in [1.165, 1.54) is 0 Å². The van der Waals surface area contributed by atoms with E-state index in [0.717, 1.165) is 21.8 Å². The van der Waals surface area contributed by atoms with Crippen molar-refractivity contribution in [1.29, 1.82) is 0 Å². The van der Waals surface area contributed by atoms with Crippen molar-refractivity contribution in [2.75, 3.05) is 0 Å². The molecule has 0 atom stereocenters. The molecule has 0 saturated carbocycles. The lowest BCUT2D eigenvalue weighted by atomic mass is 10.1. The third-order valence-electron chi connectivity index (χ3n) is 1.90. The van der Waals surface area contributed by atoms with Crippen LogP contribution in [-0.4, -0.2) is 11.4 Å². The number of aromatic nitrogens is 1. The van der Waals surface area contributed by atoms with E-state index in [-0.39, 0.29) is 0 Å². The summed E-state index contributed by atoms with van der Waals surface area (Å²) in [6, 6.07) is 3.51. The minimum atomic E-state index is 0.610. The van der Waals surface area contributed by atoms with Crippen molar-refractivity contribution in [2.45, 2.75) is 6.92 Å². The van der Waals surface area contributed by atoms with Gasteiger partial charge in [-0.1, -0.05) is 5.16 Å². The summed E-state index contributed by atoms with van der Waals surface area (Å²) >= 11 is 3.27. The average Bonchev–Trinajstić information content (AvgIpc) is 2.46. The zero-order chi connectivity index (χ0) is 9.42. The van der Waals surface area contributed by atoms with Crippen LogP contribution < -0.4 is 0 Å². The Labute approximate surface area is 82.8 Å². The number of aldehydes is 1. The molecule has 0 aliphatic rings. The summed E-state index contributed by atoms with van der Waals surface area (Å²) in [5.74, 6) is 0. The molecule has 0 N–H and O–H groups in total. The van der Waals surface area contributed by atoms with Crippen LogP contribution in [0.1, 0.15) is 16.1 Å². The van der Waals surface area contributed by atoms with Crippen molar-refractivity contribution in [3.05, 3.63) is 27.9 Å². The first-order chi connectivity index (χ1) is 6.22. The Kier molecular flexibility index (Phi) is 1.92. The van der Waals surface area contributed by atoms with Gasteiger partial charge in [0.1, 0.15) is 0 Å². The zero-order valence-electron chi connectivity index (χ0n) is 6.87. The molecule has 2 aromatic rings. The van der Waals surface area contributed by atoms with E-state index in [9.17, 15) is 4.79 Å². The molecular formula is C9H6BrNO2. The molecule has 2 rings (SSSR count). The van der Waals surface area contributed by atoms with Gasteiger partial charge in [0.25, 0.3) is 0 Å². The van der Waals surface area contributed by atoms with E-state index in [0.29, 0.717) is 11.1 Å². The van der Waals surface area contributed by atoms with Gasteiger partial charge in [0, 0.05) is 15.4 Å². The SMILES string of the molecule is Cc1noc2cc(Br)c(C=O)cc12. The highest BCUT2D eigenvalue weighted by Crippen LogP contribution is 2.25. The van der Waals surface area contributed by atoms with Crippen molar-refractivity contribution in [1.82, 2.24) is 5.16 Å².